The molecule has 1 unspecified atom stereocenters. The Kier molecular flexibility index (Phi) is 9.86. The highest BCUT2D eigenvalue weighted by Crippen LogP contribution is 2.08. The van der Waals surface area contributed by atoms with Crippen LogP contribution in [0.25, 0.3) is 0 Å². The first-order valence-electron chi connectivity index (χ1n) is 7.46. The number of hydrogen-bond donors (Lipinski definition) is 1. The summed E-state index contributed by atoms with van der Waals surface area (Å²) in [5.74, 6) is 0.164. The Morgan fingerprint density at radius 1 is 1.05 bits per heavy atom. The average molecular weight is 287 g/mol. The van der Waals surface area contributed by atoms with Crippen molar-refractivity contribution in [2.24, 2.45) is 11.8 Å². The summed E-state index contributed by atoms with van der Waals surface area (Å²) < 4.78 is 10.2. The molecule has 0 spiro atoms. The molecule has 0 rings (SSSR count). The summed E-state index contributed by atoms with van der Waals surface area (Å²) in [7, 11) is 0. The number of alkyl carbamates (subject to hydrolysis) is 1. The zero-order chi connectivity index (χ0) is 15.5. The van der Waals surface area contributed by atoms with E-state index in [1.165, 1.54) is 0 Å². The van der Waals surface area contributed by atoms with Gasteiger partial charge in [0.1, 0.15) is 6.04 Å². The lowest BCUT2D eigenvalue weighted by Gasteiger charge is -2.19. The van der Waals surface area contributed by atoms with Crippen LogP contribution in [-0.4, -0.2) is 31.3 Å². The Morgan fingerprint density at radius 2 is 1.70 bits per heavy atom. The lowest BCUT2D eigenvalue weighted by molar-refractivity contribution is -0.147. The normalized spacial score (nSPS) is 12.3. The third-order valence-electron chi connectivity index (χ3n) is 2.57. The Hall–Kier alpha value is -1.26. The largest absolute Gasteiger partial charge is 0.464 e. The molecule has 1 atom stereocenters. The Labute approximate surface area is 122 Å². The molecule has 0 aliphatic heterocycles. The van der Waals surface area contributed by atoms with Crippen molar-refractivity contribution in [1.82, 2.24) is 5.32 Å². The van der Waals surface area contributed by atoms with Crippen molar-refractivity contribution in [2.45, 2.75) is 59.9 Å². The van der Waals surface area contributed by atoms with E-state index in [4.69, 9.17) is 9.47 Å². The summed E-state index contributed by atoms with van der Waals surface area (Å²) in [6.45, 7) is 10.7. The number of amides is 1. The molecule has 1 N–H and O–H groups in total. The number of ether oxygens (including phenoxy) is 2. The minimum Gasteiger partial charge on any atom is -0.464 e. The van der Waals surface area contributed by atoms with E-state index in [-0.39, 0.29) is 17.8 Å². The molecule has 0 aromatic heterocycles. The molecule has 0 saturated carbocycles. The van der Waals surface area contributed by atoms with Crippen LogP contribution in [0.4, 0.5) is 4.79 Å². The molecule has 0 aliphatic carbocycles. The van der Waals surface area contributed by atoms with Gasteiger partial charge in [0.25, 0.3) is 0 Å². The quantitative estimate of drug-likeness (QED) is 0.522. The highest BCUT2D eigenvalue weighted by Gasteiger charge is 2.24. The minimum atomic E-state index is -0.636. The molecule has 0 saturated heterocycles. The van der Waals surface area contributed by atoms with Gasteiger partial charge in [-0.1, -0.05) is 41.0 Å². The molecular weight excluding hydrogens is 258 g/mol. The maximum Gasteiger partial charge on any atom is 0.407 e. The summed E-state index contributed by atoms with van der Waals surface area (Å²) in [5.41, 5.74) is 0. The topological polar surface area (TPSA) is 64.6 Å². The van der Waals surface area contributed by atoms with E-state index in [2.05, 4.69) is 5.32 Å². The van der Waals surface area contributed by atoms with Gasteiger partial charge in [-0.15, -0.1) is 0 Å². The van der Waals surface area contributed by atoms with Crippen molar-refractivity contribution in [3.8, 4) is 0 Å². The lowest BCUT2D eigenvalue weighted by atomic mass is 10.0. The van der Waals surface area contributed by atoms with Crippen LogP contribution in [0.2, 0.25) is 0 Å². The third kappa shape index (κ3) is 9.64. The van der Waals surface area contributed by atoms with Crippen LogP contribution in [0.5, 0.6) is 0 Å². The molecule has 0 heterocycles. The van der Waals surface area contributed by atoms with E-state index in [9.17, 15) is 9.59 Å². The third-order valence-corrected chi connectivity index (χ3v) is 2.57. The van der Waals surface area contributed by atoms with E-state index in [1.54, 1.807) is 0 Å². The molecule has 0 aromatic rings. The minimum absolute atomic E-state index is 0.273. The van der Waals surface area contributed by atoms with E-state index in [0.29, 0.717) is 19.6 Å². The van der Waals surface area contributed by atoms with Gasteiger partial charge in [-0.2, -0.15) is 0 Å². The van der Waals surface area contributed by atoms with Gasteiger partial charge in [0.05, 0.1) is 13.2 Å². The molecule has 5 nitrogen and oxygen atoms in total. The molecule has 5 heteroatoms. The SMILES string of the molecule is CCCCOC(=O)NC(CC(C)C)C(=O)OCC(C)C. The molecule has 0 aromatic carbocycles. The maximum atomic E-state index is 12.0. The van der Waals surface area contributed by atoms with Crippen LogP contribution in [0.3, 0.4) is 0 Å². The van der Waals surface area contributed by atoms with Crippen molar-refractivity contribution < 1.29 is 19.1 Å². The smallest absolute Gasteiger partial charge is 0.407 e. The molecule has 1 amide bonds. The van der Waals surface area contributed by atoms with Gasteiger partial charge in [0.15, 0.2) is 0 Å². The van der Waals surface area contributed by atoms with Gasteiger partial charge in [0, 0.05) is 0 Å². The second kappa shape index (κ2) is 10.5. The van der Waals surface area contributed by atoms with E-state index in [1.807, 2.05) is 34.6 Å². The van der Waals surface area contributed by atoms with Gasteiger partial charge in [-0.3, -0.25) is 0 Å². The van der Waals surface area contributed by atoms with Crippen LogP contribution >= 0.6 is 0 Å². The first-order chi connectivity index (χ1) is 9.36. The van der Waals surface area contributed by atoms with E-state index < -0.39 is 12.1 Å². The number of carbonyl (C=O) groups is 2. The Balaban J connectivity index is 4.32. The van der Waals surface area contributed by atoms with Crippen LogP contribution in [-0.2, 0) is 14.3 Å². The number of hydrogen-bond acceptors (Lipinski definition) is 4. The molecule has 0 aliphatic rings. The molecule has 20 heavy (non-hydrogen) atoms. The Bertz CT molecular complexity index is 290. The number of rotatable bonds is 9. The van der Waals surface area contributed by atoms with Gasteiger partial charge >= 0.3 is 12.1 Å². The van der Waals surface area contributed by atoms with Crippen molar-refractivity contribution in [2.75, 3.05) is 13.2 Å². The number of esters is 1. The second-order valence-electron chi connectivity index (χ2n) is 5.84. The zero-order valence-electron chi connectivity index (χ0n) is 13.4. The van der Waals surface area contributed by atoms with Gasteiger partial charge in [-0.05, 0) is 24.7 Å². The highest BCUT2D eigenvalue weighted by atomic mass is 16.6. The van der Waals surface area contributed by atoms with Crippen LogP contribution < -0.4 is 5.32 Å². The van der Waals surface area contributed by atoms with E-state index in [0.717, 1.165) is 12.8 Å². The summed E-state index contributed by atoms with van der Waals surface area (Å²) in [5, 5.41) is 2.60. The average Bonchev–Trinajstić information content (AvgIpc) is 2.34. The summed E-state index contributed by atoms with van der Waals surface area (Å²) in [4.78, 5) is 23.6. The van der Waals surface area contributed by atoms with Crippen LogP contribution in [0, 0.1) is 11.8 Å². The molecule has 0 radical (unpaired) electrons. The number of unbranched alkanes of at least 4 members (excludes halogenated alkanes) is 1. The summed E-state index contributed by atoms with van der Waals surface area (Å²) >= 11 is 0. The van der Waals surface area contributed by atoms with Gasteiger partial charge in [-0.25, -0.2) is 9.59 Å². The fraction of sp³-hybridized carbons (Fsp3) is 0.867. The Morgan fingerprint density at radius 3 is 2.20 bits per heavy atom. The number of carbonyl (C=O) groups excluding carboxylic acids is 2. The number of nitrogens with one attached hydrogen (secondary N) is 1. The van der Waals surface area contributed by atoms with Gasteiger partial charge < -0.3 is 14.8 Å². The van der Waals surface area contributed by atoms with Crippen LogP contribution in [0.15, 0.2) is 0 Å². The fourth-order valence-corrected chi connectivity index (χ4v) is 1.53. The van der Waals surface area contributed by atoms with Gasteiger partial charge in [0.2, 0.25) is 0 Å². The highest BCUT2D eigenvalue weighted by molar-refractivity contribution is 5.81. The molecule has 0 bridgehead atoms. The fourth-order valence-electron chi connectivity index (χ4n) is 1.53. The monoisotopic (exact) mass is 287 g/mol. The standard InChI is InChI=1S/C15H29NO4/c1-6-7-8-19-15(18)16-13(9-11(2)3)14(17)20-10-12(4)5/h11-13H,6-10H2,1-5H3,(H,16,18). The van der Waals surface area contributed by atoms with Crippen molar-refractivity contribution >= 4 is 12.1 Å². The maximum absolute atomic E-state index is 12.0. The molecule has 118 valence electrons. The zero-order valence-corrected chi connectivity index (χ0v) is 13.4. The van der Waals surface area contributed by atoms with Crippen molar-refractivity contribution in [3.05, 3.63) is 0 Å². The molecular formula is C15H29NO4. The van der Waals surface area contributed by atoms with Crippen molar-refractivity contribution in [3.63, 3.8) is 0 Å². The van der Waals surface area contributed by atoms with E-state index >= 15 is 0 Å². The lowest BCUT2D eigenvalue weighted by Crippen LogP contribution is -2.43. The van der Waals surface area contributed by atoms with Crippen molar-refractivity contribution in [1.29, 1.82) is 0 Å². The summed E-state index contributed by atoms with van der Waals surface area (Å²) in [6, 6.07) is -0.636. The predicted octanol–water partition coefficient (Wildman–Crippen LogP) is 3.13. The predicted molar refractivity (Wildman–Crippen MR) is 78.4 cm³/mol. The molecule has 0 fully saturated rings. The summed E-state index contributed by atoms with van der Waals surface area (Å²) in [6.07, 6.45) is 1.77. The first kappa shape index (κ1) is 18.7. The second-order valence-corrected chi connectivity index (χ2v) is 5.84. The van der Waals surface area contributed by atoms with Crippen LogP contribution in [0.1, 0.15) is 53.9 Å². The first-order valence-corrected chi connectivity index (χ1v) is 7.46.